The molecule has 2 unspecified atom stereocenters. The molecule has 2 fully saturated rings. The van der Waals surface area contributed by atoms with Gasteiger partial charge in [-0.1, -0.05) is 49.7 Å². The van der Waals surface area contributed by atoms with Crippen LogP contribution in [0.3, 0.4) is 0 Å². The summed E-state index contributed by atoms with van der Waals surface area (Å²) in [5.41, 5.74) is 4.82. The topological polar surface area (TPSA) is 175 Å². The van der Waals surface area contributed by atoms with Crippen molar-refractivity contribution in [1.29, 1.82) is 0 Å². The molecule has 3 aliphatic carbocycles. The van der Waals surface area contributed by atoms with Gasteiger partial charge in [0.05, 0.1) is 33.0 Å². The third-order valence-electron chi connectivity index (χ3n) is 14.4. The van der Waals surface area contributed by atoms with E-state index in [4.69, 9.17) is 35.3 Å². The lowest BCUT2D eigenvalue weighted by atomic mass is 9.59. The maximum Gasteiger partial charge on any atom is 0.329 e. The van der Waals surface area contributed by atoms with Gasteiger partial charge in [-0.05, 0) is 153 Å². The van der Waals surface area contributed by atoms with Crippen molar-refractivity contribution in [3.63, 3.8) is 0 Å². The van der Waals surface area contributed by atoms with Crippen LogP contribution >= 0.6 is 11.6 Å². The summed E-state index contributed by atoms with van der Waals surface area (Å²) in [4.78, 5) is 43.1. The Morgan fingerprint density at radius 1 is 0.955 bits per heavy atom. The molecular formula is C53H64ClN3O10. The number of halogens is 1. The Morgan fingerprint density at radius 3 is 2.55 bits per heavy atom. The van der Waals surface area contributed by atoms with Gasteiger partial charge in [-0.3, -0.25) is 9.78 Å². The monoisotopic (exact) mass is 937 g/mol. The number of aryl methyl sites for hydroxylation is 1. The molecule has 1 aliphatic heterocycles. The minimum atomic E-state index is -1.15. The van der Waals surface area contributed by atoms with E-state index < -0.39 is 23.5 Å². The van der Waals surface area contributed by atoms with E-state index in [-0.39, 0.29) is 48.7 Å². The van der Waals surface area contributed by atoms with Gasteiger partial charge in [-0.15, -0.1) is 0 Å². The van der Waals surface area contributed by atoms with E-state index >= 15 is 0 Å². The Bertz CT molecular complexity index is 2360. The Labute approximate surface area is 398 Å². The Kier molecular flexibility index (Phi) is 15.6. The Morgan fingerprint density at radius 2 is 1.78 bits per heavy atom. The summed E-state index contributed by atoms with van der Waals surface area (Å²) in [6, 6.07) is 21.6. The van der Waals surface area contributed by atoms with Crippen molar-refractivity contribution in [3.8, 4) is 17.2 Å². The number of fused-ring (bicyclic) bond motifs is 3. The zero-order chi connectivity index (χ0) is 47.0. The van der Waals surface area contributed by atoms with E-state index in [9.17, 15) is 24.6 Å². The summed E-state index contributed by atoms with van der Waals surface area (Å²) >= 11 is 6.32. The van der Waals surface area contributed by atoms with Crippen LogP contribution in [0.1, 0.15) is 106 Å². The SMILES string of the molecule is C[C@@H](COc1ccnc2c1[C@H](C)CCC2)CC1Cc2ccc(OCCCC(=O)NC(Cc3cccc(OC[C@H]4COCCO4)c3)C(=O)O)cc2C12CCC(Nc1cccc(Cl)c1)(C(=O)O)CC2. The van der Waals surface area contributed by atoms with E-state index in [1.54, 1.807) is 30.3 Å². The molecule has 1 saturated heterocycles. The van der Waals surface area contributed by atoms with Crippen molar-refractivity contribution in [2.24, 2.45) is 11.8 Å². The van der Waals surface area contributed by atoms with Gasteiger partial charge in [0.25, 0.3) is 0 Å². The highest BCUT2D eigenvalue weighted by Crippen LogP contribution is 2.57. The number of aliphatic carboxylic acids is 2. The first-order valence-corrected chi connectivity index (χ1v) is 24.3. The van der Waals surface area contributed by atoms with Crippen molar-refractivity contribution >= 4 is 35.1 Å². The Balaban J connectivity index is 0.905. The second kappa shape index (κ2) is 21.7. The fourth-order valence-corrected chi connectivity index (χ4v) is 11.1. The van der Waals surface area contributed by atoms with Crippen LogP contribution in [0, 0.1) is 11.8 Å². The predicted octanol–water partition coefficient (Wildman–Crippen LogP) is 8.96. The first-order chi connectivity index (χ1) is 32.4. The number of pyridine rings is 1. The van der Waals surface area contributed by atoms with Crippen LogP contribution < -0.4 is 24.8 Å². The van der Waals surface area contributed by atoms with Gasteiger partial charge in [0.15, 0.2) is 0 Å². The highest BCUT2D eigenvalue weighted by molar-refractivity contribution is 6.30. The zero-order valence-corrected chi connectivity index (χ0v) is 39.4. The number of carboxylic acid groups (broad SMARTS) is 2. The average molecular weight is 939 g/mol. The number of benzene rings is 3. The van der Waals surface area contributed by atoms with Gasteiger partial charge in [-0.25, -0.2) is 9.59 Å². The number of carboxylic acids is 2. The number of hydrogen-bond donors (Lipinski definition) is 4. The fourth-order valence-electron chi connectivity index (χ4n) is 10.9. The molecule has 5 atom stereocenters. The molecule has 1 saturated carbocycles. The van der Waals surface area contributed by atoms with Gasteiger partial charge in [0.1, 0.15) is 41.5 Å². The third kappa shape index (κ3) is 11.7. The molecule has 4 aromatic rings. The van der Waals surface area contributed by atoms with Crippen LogP contribution in [0.5, 0.6) is 17.2 Å². The van der Waals surface area contributed by atoms with Crippen LogP contribution in [0.25, 0.3) is 0 Å². The molecule has 1 amide bonds. The van der Waals surface area contributed by atoms with Crippen LogP contribution in [0.15, 0.2) is 79.0 Å². The molecule has 1 aromatic heterocycles. The number of carbonyl (C=O) groups is 3. The number of rotatable bonds is 20. The van der Waals surface area contributed by atoms with Gasteiger partial charge < -0.3 is 44.5 Å². The molecule has 3 aromatic carbocycles. The molecule has 4 N–H and O–H groups in total. The Hall–Kier alpha value is -5.37. The van der Waals surface area contributed by atoms with Crippen LogP contribution in [0.2, 0.25) is 5.02 Å². The van der Waals surface area contributed by atoms with E-state index in [0.717, 1.165) is 49.1 Å². The molecule has 67 heavy (non-hydrogen) atoms. The number of carbonyl (C=O) groups excluding carboxylic acids is 1. The normalized spacial score (nSPS) is 24.1. The third-order valence-corrected chi connectivity index (χ3v) is 14.6. The number of hydrogen-bond acceptors (Lipinski definition) is 10. The minimum absolute atomic E-state index is 0.0887. The number of aromatic nitrogens is 1. The highest BCUT2D eigenvalue weighted by Gasteiger charge is 2.54. The van der Waals surface area contributed by atoms with E-state index in [1.807, 2.05) is 36.5 Å². The first kappa shape index (κ1) is 48.1. The predicted molar refractivity (Wildman–Crippen MR) is 255 cm³/mol. The van der Waals surface area contributed by atoms with E-state index in [2.05, 4.69) is 41.6 Å². The fraction of sp³-hybridized carbons (Fsp3) is 0.509. The summed E-state index contributed by atoms with van der Waals surface area (Å²) in [7, 11) is 0. The van der Waals surface area contributed by atoms with Crippen molar-refractivity contribution in [1.82, 2.24) is 10.3 Å². The molecule has 8 rings (SSSR count). The number of nitrogens with zero attached hydrogens (tertiary/aromatic N) is 1. The number of ether oxygens (including phenoxy) is 5. The van der Waals surface area contributed by atoms with Crippen molar-refractivity contribution < 1.29 is 48.3 Å². The molecule has 14 heteroatoms. The van der Waals surface area contributed by atoms with Gasteiger partial charge in [0.2, 0.25) is 5.91 Å². The van der Waals surface area contributed by atoms with Gasteiger partial charge >= 0.3 is 11.9 Å². The maximum atomic E-state index is 13.1. The van der Waals surface area contributed by atoms with Gasteiger partial charge in [0, 0.05) is 41.0 Å². The second-order valence-electron chi connectivity index (χ2n) is 19.2. The van der Waals surface area contributed by atoms with Crippen molar-refractivity contribution in [3.05, 3.63) is 112 Å². The van der Waals surface area contributed by atoms with E-state index in [0.29, 0.717) is 93.3 Å². The smallest absolute Gasteiger partial charge is 0.329 e. The molecule has 4 aliphatic rings. The number of nitrogens with one attached hydrogen (secondary N) is 2. The summed E-state index contributed by atoms with van der Waals surface area (Å²) in [5, 5.41) is 27.4. The van der Waals surface area contributed by atoms with E-state index in [1.165, 1.54) is 16.7 Å². The first-order valence-electron chi connectivity index (χ1n) is 24.0. The molecule has 2 heterocycles. The second-order valence-corrected chi connectivity index (χ2v) is 19.6. The highest BCUT2D eigenvalue weighted by atomic mass is 35.5. The molecule has 358 valence electrons. The lowest BCUT2D eigenvalue weighted by Gasteiger charge is -2.47. The molecule has 0 radical (unpaired) electrons. The number of amides is 1. The van der Waals surface area contributed by atoms with Crippen molar-refractivity contribution in [2.45, 2.75) is 120 Å². The molecule has 1 spiro atoms. The summed E-state index contributed by atoms with van der Waals surface area (Å²) in [5.74, 6) is 0.744. The summed E-state index contributed by atoms with van der Waals surface area (Å²) < 4.78 is 29.9. The summed E-state index contributed by atoms with van der Waals surface area (Å²) in [6.07, 6.45) is 9.50. The molecular weight excluding hydrogens is 874 g/mol. The molecule has 0 bridgehead atoms. The van der Waals surface area contributed by atoms with Crippen LogP contribution in [0.4, 0.5) is 5.69 Å². The lowest BCUT2D eigenvalue weighted by molar-refractivity contribution is -0.144. The largest absolute Gasteiger partial charge is 0.494 e. The zero-order valence-electron chi connectivity index (χ0n) is 38.6. The quantitative estimate of drug-likeness (QED) is 0.0621. The van der Waals surface area contributed by atoms with Crippen LogP contribution in [-0.4, -0.2) is 90.4 Å². The van der Waals surface area contributed by atoms with Gasteiger partial charge in [-0.2, -0.15) is 0 Å². The lowest BCUT2D eigenvalue weighted by Crippen LogP contribution is -2.53. The van der Waals surface area contributed by atoms with Crippen molar-refractivity contribution in [2.75, 3.05) is 45.0 Å². The molecule has 13 nitrogen and oxygen atoms in total. The average Bonchev–Trinajstić information content (AvgIpc) is 3.60. The van der Waals surface area contributed by atoms with Crippen LogP contribution in [-0.2, 0) is 48.5 Å². The number of anilines is 1. The minimum Gasteiger partial charge on any atom is -0.494 e. The standard InChI is InChI=1S/C53H64ClN3O10/c1-34(31-67-47-16-21-55-45-12-3-7-35(2)49(45)47)25-38-28-37-14-15-42(30-44(37)52(38)17-19-53(20-18-52,51(61)62)57-40-10-5-9-39(54)29-40)64-22-6-13-48(58)56-46(50(59)60)27-36-8-4-11-41(26-36)66-33-43-32-63-23-24-65-43/h4-5,8-11,14-16,21,26,29-30,34-35,38,43,46,57H,3,6-7,12-13,17-20,22-25,27-28,31-33H2,1-2H3,(H,56,58)(H,59,60)(H,61,62)/t34-,35-,38?,43-,46?,52?,53?/m1/s1. The maximum absolute atomic E-state index is 13.1. The summed E-state index contributed by atoms with van der Waals surface area (Å²) in [6.45, 7) is 7.20.